The van der Waals surface area contributed by atoms with E-state index < -0.39 is 63.5 Å². The van der Waals surface area contributed by atoms with Gasteiger partial charge in [0.2, 0.25) is 0 Å². The summed E-state index contributed by atoms with van der Waals surface area (Å²) in [6.07, 6.45) is 13.8. The number of rotatable bonds is 22. The molecule has 4 N–H and O–H groups in total. The highest BCUT2D eigenvalue weighted by Crippen LogP contribution is 2.42. The van der Waals surface area contributed by atoms with Crippen LogP contribution in [0.25, 0.3) is 0 Å². The lowest BCUT2D eigenvalue weighted by Crippen LogP contribution is -2.25. The number of hydrogen-bond donors (Lipinski definition) is 4. The van der Waals surface area contributed by atoms with Gasteiger partial charge in [0.05, 0.1) is 33.4 Å². The van der Waals surface area contributed by atoms with Crippen molar-refractivity contribution in [1.29, 1.82) is 0 Å². The highest BCUT2D eigenvalue weighted by atomic mass is 16.5. The Bertz CT molecular complexity index is 2110. The summed E-state index contributed by atoms with van der Waals surface area (Å²) in [5.41, 5.74) is 1.78. The Kier molecular flexibility index (Phi) is 16.5. The summed E-state index contributed by atoms with van der Waals surface area (Å²) >= 11 is 0. The van der Waals surface area contributed by atoms with Crippen LogP contribution in [0.4, 0.5) is 0 Å². The van der Waals surface area contributed by atoms with E-state index in [1.807, 2.05) is 52.0 Å². The molecule has 4 aromatic carbocycles. The second kappa shape index (κ2) is 21.3. The highest BCUT2D eigenvalue weighted by Gasteiger charge is 2.32. The van der Waals surface area contributed by atoms with Gasteiger partial charge in [0.1, 0.15) is 11.5 Å². The normalized spacial score (nSPS) is 11.2. The van der Waals surface area contributed by atoms with Crippen LogP contribution in [0.15, 0.2) is 60.7 Å². The van der Waals surface area contributed by atoms with Crippen LogP contribution in [-0.4, -0.2) is 56.2 Å². The van der Waals surface area contributed by atoms with Crippen LogP contribution in [0, 0.1) is 27.7 Å². The van der Waals surface area contributed by atoms with Gasteiger partial charge in [-0.15, -0.1) is 0 Å². The summed E-state index contributed by atoms with van der Waals surface area (Å²) in [4.78, 5) is 73.3. The van der Waals surface area contributed by atoms with Crippen molar-refractivity contribution in [3.63, 3.8) is 0 Å². The molecule has 0 aliphatic heterocycles. The van der Waals surface area contributed by atoms with Gasteiger partial charge in [-0.1, -0.05) is 109 Å². The number of esters is 2. The minimum atomic E-state index is -1.49. The van der Waals surface area contributed by atoms with E-state index in [4.69, 9.17) is 9.47 Å². The van der Waals surface area contributed by atoms with Gasteiger partial charge < -0.3 is 29.9 Å². The van der Waals surface area contributed by atoms with Crippen LogP contribution in [0.5, 0.6) is 11.5 Å². The minimum absolute atomic E-state index is 0.113. The molecular formula is C49H56O12. The number of carbonyl (C=O) groups excluding carboxylic acids is 2. The Hall–Kier alpha value is -6.30. The molecule has 0 aromatic heterocycles. The molecule has 0 amide bonds. The van der Waals surface area contributed by atoms with Gasteiger partial charge in [0, 0.05) is 5.41 Å². The summed E-state index contributed by atoms with van der Waals surface area (Å²) in [7, 11) is 0. The zero-order chi connectivity index (χ0) is 45.0. The first-order valence-corrected chi connectivity index (χ1v) is 20.8. The van der Waals surface area contributed by atoms with E-state index in [2.05, 4.69) is 13.8 Å². The number of benzene rings is 4. The number of carbonyl (C=O) groups is 6. The Morgan fingerprint density at radius 3 is 1.08 bits per heavy atom. The molecule has 324 valence electrons. The van der Waals surface area contributed by atoms with Crippen LogP contribution >= 0.6 is 0 Å². The van der Waals surface area contributed by atoms with E-state index in [-0.39, 0.29) is 11.1 Å². The van der Waals surface area contributed by atoms with Crippen molar-refractivity contribution in [2.45, 2.75) is 124 Å². The molecule has 0 bridgehead atoms. The molecule has 0 saturated heterocycles. The largest absolute Gasteiger partial charge is 0.478 e. The molecule has 0 heterocycles. The third-order valence-electron chi connectivity index (χ3n) is 11.3. The summed E-state index contributed by atoms with van der Waals surface area (Å²) in [6.45, 7) is 11.6. The topological polar surface area (TPSA) is 202 Å². The Balaban J connectivity index is 1.64. The smallest absolute Gasteiger partial charge is 0.343 e. The van der Waals surface area contributed by atoms with Crippen molar-refractivity contribution in [2.24, 2.45) is 0 Å². The second-order valence-corrected chi connectivity index (χ2v) is 16.0. The van der Waals surface area contributed by atoms with Crippen LogP contribution in [0.1, 0.15) is 186 Å². The SMILES string of the molecule is CCCCCCCCCCCCCC(C)(c1cc(C)c(OC(=O)c2ccc(C(=O)O)c(C(=O)O)c2)c(C)c1)c1cc(C)c(OC(=O)c2ccc(C(=O)O)c(C(=O)O)c2)c(C)c1. The highest BCUT2D eigenvalue weighted by molar-refractivity contribution is 6.05. The predicted octanol–water partition coefficient (Wildman–Crippen LogP) is 11.2. The average Bonchev–Trinajstić information content (AvgIpc) is 3.21. The molecule has 0 radical (unpaired) electrons. The number of aromatic carboxylic acids is 4. The number of ether oxygens (including phenoxy) is 2. The molecule has 4 aromatic rings. The molecule has 0 atom stereocenters. The fourth-order valence-corrected chi connectivity index (χ4v) is 7.83. The standard InChI is InChI=1S/C49H56O12/c1-7-8-9-10-11-12-13-14-15-16-17-22-49(6,35-23-29(2)41(30(3)24-35)60-47(58)33-18-20-37(43(50)51)39(27-33)45(54)55)36-25-31(4)42(32(5)26-36)61-48(59)34-19-21-38(44(52)53)40(28-34)46(56)57/h18-21,23-28H,7-17,22H2,1-6H3,(H,50,51)(H,52,53)(H,54,55)(H,56,57). The van der Waals surface area contributed by atoms with E-state index >= 15 is 0 Å². The molecule has 0 aliphatic carbocycles. The van der Waals surface area contributed by atoms with Gasteiger partial charge in [-0.05, 0) is 104 Å². The first-order valence-electron chi connectivity index (χ1n) is 20.8. The molecule has 0 fully saturated rings. The molecule has 0 spiro atoms. The lowest BCUT2D eigenvalue weighted by Gasteiger charge is -2.33. The lowest BCUT2D eigenvalue weighted by molar-refractivity contribution is 0.0650. The van der Waals surface area contributed by atoms with Gasteiger partial charge in [-0.3, -0.25) is 0 Å². The minimum Gasteiger partial charge on any atom is -0.478 e. The maximum Gasteiger partial charge on any atom is 0.343 e. The Morgan fingerprint density at radius 2 is 0.770 bits per heavy atom. The van der Waals surface area contributed by atoms with Gasteiger partial charge in [0.25, 0.3) is 0 Å². The van der Waals surface area contributed by atoms with Crippen molar-refractivity contribution in [3.8, 4) is 11.5 Å². The van der Waals surface area contributed by atoms with Gasteiger partial charge >= 0.3 is 35.8 Å². The van der Waals surface area contributed by atoms with E-state index in [0.29, 0.717) is 33.8 Å². The van der Waals surface area contributed by atoms with Gasteiger partial charge in [0.15, 0.2) is 0 Å². The van der Waals surface area contributed by atoms with Crippen molar-refractivity contribution < 1.29 is 58.7 Å². The first kappa shape index (κ1) is 47.4. The van der Waals surface area contributed by atoms with Crippen LogP contribution < -0.4 is 9.47 Å². The van der Waals surface area contributed by atoms with E-state index in [0.717, 1.165) is 61.1 Å². The van der Waals surface area contributed by atoms with Crippen molar-refractivity contribution in [2.75, 3.05) is 0 Å². The molecule has 12 nitrogen and oxygen atoms in total. The predicted molar refractivity (Wildman–Crippen MR) is 230 cm³/mol. The number of aryl methyl sites for hydroxylation is 4. The molecule has 0 saturated carbocycles. The Morgan fingerprint density at radius 1 is 0.459 bits per heavy atom. The quantitative estimate of drug-likeness (QED) is 0.0332. The average molecular weight is 837 g/mol. The second-order valence-electron chi connectivity index (χ2n) is 16.0. The third-order valence-corrected chi connectivity index (χ3v) is 11.3. The number of carboxylic acid groups (broad SMARTS) is 4. The van der Waals surface area contributed by atoms with Crippen molar-refractivity contribution in [1.82, 2.24) is 0 Å². The van der Waals surface area contributed by atoms with Crippen LogP contribution in [-0.2, 0) is 5.41 Å². The lowest BCUT2D eigenvalue weighted by atomic mass is 9.71. The summed E-state index contributed by atoms with van der Waals surface area (Å²) in [5.74, 6) is -6.93. The fraction of sp³-hybridized carbons (Fsp3) is 0.388. The summed E-state index contributed by atoms with van der Waals surface area (Å²) in [6, 6.07) is 14.4. The molecule has 61 heavy (non-hydrogen) atoms. The third kappa shape index (κ3) is 11.9. The zero-order valence-electron chi connectivity index (χ0n) is 35.8. The number of carboxylic acids is 4. The van der Waals surface area contributed by atoms with E-state index in [1.165, 1.54) is 63.5 Å². The maximum absolute atomic E-state index is 13.3. The monoisotopic (exact) mass is 836 g/mol. The fourth-order valence-electron chi connectivity index (χ4n) is 7.83. The molecule has 0 aliphatic rings. The van der Waals surface area contributed by atoms with E-state index in [1.54, 1.807) is 0 Å². The summed E-state index contributed by atoms with van der Waals surface area (Å²) in [5, 5.41) is 38.0. The Labute approximate surface area is 356 Å². The zero-order valence-corrected chi connectivity index (χ0v) is 35.8. The van der Waals surface area contributed by atoms with Gasteiger partial charge in [-0.2, -0.15) is 0 Å². The van der Waals surface area contributed by atoms with Crippen LogP contribution in [0.3, 0.4) is 0 Å². The molecule has 12 heteroatoms. The van der Waals surface area contributed by atoms with Crippen LogP contribution in [0.2, 0.25) is 0 Å². The summed E-state index contributed by atoms with van der Waals surface area (Å²) < 4.78 is 11.6. The maximum atomic E-state index is 13.3. The molecule has 0 unspecified atom stereocenters. The van der Waals surface area contributed by atoms with Gasteiger partial charge in [-0.25, -0.2) is 28.8 Å². The number of unbranched alkanes of at least 4 members (excludes halogenated alkanes) is 10. The number of hydrogen-bond acceptors (Lipinski definition) is 8. The first-order chi connectivity index (χ1) is 28.9. The molecular weight excluding hydrogens is 781 g/mol. The molecule has 4 rings (SSSR count). The van der Waals surface area contributed by atoms with Crippen molar-refractivity contribution >= 4 is 35.8 Å². The van der Waals surface area contributed by atoms with Crippen molar-refractivity contribution in [3.05, 3.63) is 127 Å². The van der Waals surface area contributed by atoms with E-state index in [9.17, 15) is 49.2 Å².